The molecule has 0 aliphatic rings. The third kappa shape index (κ3) is 4.89. The number of rotatable bonds is 3. The van der Waals surface area contributed by atoms with E-state index in [1.807, 2.05) is 13.8 Å². The van der Waals surface area contributed by atoms with Crippen LogP contribution in [0.4, 0.5) is 0 Å². The summed E-state index contributed by atoms with van der Waals surface area (Å²) < 4.78 is 4.66. The summed E-state index contributed by atoms with van der Waals surface area (Å²) in [5.41, 5.74) is 0. The van der Waals surface area contributed by atoms with Crippen LogP contribution in [0, 0.1) is 5.92 Å². The van der Waals surface area contributed by atoms with E-state index < -0.39 is 10.8 Å². The van der Waals surface area contributed by atoms with Gasteiger partial charge in [-0.25, -0.2) is 4.79 Å². The van der Waals surface area contributed by atoms with Gasteiger partial charge in [0.25, 0.3) is 0 Å². The number of hydrogen-bond acceptors (Lipinski definition) is 2. The summed E-state index contributed by atoms with van der Waals surface area (Å²) in [6.45, 7) is 4.24. The quantitative estimate of drug-likeness (QED) is 0.496. The van der Waals surface area contributed by atoms with E-state index >= 15 is 0 Å². The van der Waals surface area contributed by atoms with Crippen LogP contribution in [0.3, 0.4) is 0 Å². The molecule has 0 radical (unpaired) electrons. The minimum atomic E-state index is -1.06. The monoisotopic (exact) mass is 184 g/mol. The molecule has 0 saturated heterocycles. The number of halogens is 2. The van der Waals surface area contributed by atoms with E-state index in [0.29, 0.717) is 12.5 Å². The van der Waals surface area contributed by atoms with E-state index in [9.17, 15) is 4.79 Å². The first-order chi connectivity index (χ1) is 4.54. The Morgan fingerprint density at radius 1 is 1.50 bits per heavy atom. The number of carbonyl (C=O) groups is 1. The molecule has 0 aliphatic heterocycles. The van der Waals surface area contributed by atoms with Crippen LogP contribution in [0.2, 0.25) is 0 Å². The number of hydrogen-bond donors (Lipinski definition) is 0. The first kappa shape index (κ1) is 10.0. The normalized spacial score (nSPS) is 10.6. The molecule has 0 heterocycles. The summed E-state index contributed by atoms with van der Waals surface area (Å²) in [4.78, 5) is 9.50. The minimum Gasteiger partial charge on any atom is -0.463 e. The van der Waals surface area contributed by atoms with Crippen LogP contribution < -0.4 is 0 Å². The standard InChI is InChI=1S/C6H10Cl2O2/c1-4(2)3-10-6(9)5(7)8/h4-5H,3H2,1-2H3. The average Bonchev–Trinajstić information content (AvgIpc) is 1.82. The van der Waals surface area contributed by atoms with Crippen LogP contribution in [0.25, 0.3) is 0 Å². The fraction of sp³-hybridized carbons (Fsp3) is 0.833. The molecule has 0 aromatic carbocycles. The zero-order valence-corrected chi connectivity index (χ0v) is 7.45. The van der Waals surface area contributed by atoms with E-state index in [0.717, 1.165) is 0 Å². The predicted molar refractivity (Wildman–Crippen MR) is 41.3 cm³/mol. The van der Waals surface area contributed by atoms with Gasteiger partial charge in [0.15, 0.2) is 0 Å². The second-order valence-corrected chi connectivity index (χ2v) is 3.42. The van der Waals surface area contributed by atoms with Crippen molar-refractivity contribution in [2.75, 3.05) is 6.61 Å². The molecule has 0 saturated carbocycles. The smallest absolute Gasteiger partial charge is 0.339 e. The Labute approximate surface area is 70.4 Å². The summed E-state index contributed by atoms with van der Waals surface area (Å²) in [6.07, 6.45) is 0. The van der Waals surface area contributed by atoms with Crippen LogP contribution in [0.1, 0.15) is 13.8 Å². The molecular weight excluding hydrogens is 175 g/mol. The molecule has 4 heteroatoms. The molecule has 0 aromatic heterocycles. The molecule has 0 N–H and O–H groups in total. The lowest BCUT2D eigenvalue weighted by Crippen LogP contribution is -2.15. The molecule has 0 rings (SSSR count). The number of alkyl halides is 2. The Balaban J connectivity index is 3.40. The molecule has 2 nitrogen and oxygen atoms in total. The van der Waals surface area contributed by atoms with Crippen molar-refractivity contribution in [2.45, 2.75) is 18.7 Å². The van der Waals surface area contributed by atoms with Gasteiger partial charge >= 0.3 is 5.97 Å². The van der Waals surface area contributed by atoms with Gasteiger partial charge in [0.2, 0.25) is 4.84 Å². The van der Waals surface area contributed by atoms with Gasteiger partial charge in [-0.3, -0.25) is 0 Å². The van der Waals surface area contributed by atoms with Crippen molar-refractivity contribution in [1.82, 2.24) is 0 Å². The van der Waals surface area contributed by atoms with Crippen LogP contribution in [0.5, 0.6) is 0 Å². The molecule has 0 spiro atoms. The van der Waals surface area contributed by atoms with Crippen LogP contribution >= 0.6 is 23.2 Å². The van der Waals surface area contributed by atoms with E-state index in [2.05, 4.69) is 4.74 Å². The van der Waals surface area contributed by atoms with E-state index in [1.54, 1.807) is 0 Å². The molecule has 0 unspecified atom stereocenters. The summed E-state index contributed by atoms with van der Waals surface area (Å²) in [5.74, 6) is -0.256. The van der Waals surface area contributed by atoms with E-state index in [4.69, 9.17) is 23.2 Å². The second-order valence-electron chi connectivity index (χ2n) is 2.32. The topological polar surface area (TPSA) is 26.3 Å². The highest BCUT2D eigenvalue weighted by molar-refractivity contribution is 6.52. The second kappa shape index (κ2) is 4.80. The molecule has 60 valence electrons. The molecule has 0 atom stereocenters. The van der Waals surface area contributed by atoms with Gasteiger partial charge in [0.1, 0.15) is 0 Å². The Bertz CT molecular complexity index is 112. The van der Waals surface area contributed by atoms with Crippen molar-refractivity contribution >= 4 is 29.2 Å². The number of carbonyl (C=O) groups excluding carboxylic acids is 1. The highest BCUT2D eigenvalue weighted by Crippen LogP contribution is 2.04. The highest BCUT2D eigenvalue weighted by atomic mass is 35.5. The average molecular weight is 185 g/mol. The maximum Gasteiger partial charge on any atom is 0.339 e. The summed E-state index contributed by atoms with van der Waals surface area (Å²) in [6, 6.07) is 0. The zero-order chi connectivity index (χ0) is 8.15. The highest BCUT2D eigenvalue weighted by Gasteiger charge is 2.12. The predicted octanol–water partition coefficient (Wildman–Crippen LogP) is 1.99. The van der Waals surface area contributed by atoms with Crippen molar-refractivity contribution in [3.05, 3.63) is 0 Å². The van der Waals surface area contributed by atoms with Crippen molar-refractivity contribution in [2.24, 2.45) is 5.92 Å². The largest absolute Gasteiger partial charge is 0.463 e. The van der Waals surface area contributed by atoms with Gasteiger partial charge in [-0.05, 0) is 5.92 Å². The third-order valence-corrected chi connectivity index (χ3v) is 1.09. The van der Waals surface area contributed by atoms with Gasteiger partial charge in [-0.1, -0.05) is 37.0 Å². The fourth-order valence-electron chi connectivity index (χ4n) is 0.312. The van der Waals surface area contributed by atoms with Crippen LogP contribution in [0.15, 0.2) is 0 Å². The lowest BCUT2D eigenvalue weighted by molar-refractivity contribution is -0.142. The summed E-state index contributed by atoms with van der Waals surface area (Å²) in [7, 11) is 0. The van der Waals surface area contributed by atoms with Crippen LogP contribution in [-0.2, 0) is 9.53 Å². The van der Waals surface area contributed by atoms with Crippen molar-refractivity contribution in [1.29, 1.82) is 0 Å². The SMILES string of the molecule is CC(C)COC(=O)C(Cl)Cl. The molecule has 0 aliphatic carbocycles. The fourth-order valence-corrected chi connectivity index (χ4v) is 0.438. The Morgan fingerprint density at radius 3 is 2.30 bits per heavy atom. The lowest BCUT2D eigenvalue weighted by Gasteiger charge is -2.06. The molecule has 10 heavy (non-hydrogen) atoms. The van der Waals surface area contributed by atoms with Gasteiger partial charge < -0.3 is 4.74 Å². The van der Waals surface area contributed by atoms with Crippen molar-refractivity contribution in [3.8, 4) is 0 Å². The third-order valence-electron chi connectivity index (χ3n) is 0.737. The van der Waals surface area contributed by atoms with Gasteiger partial charge in [-0.15, -0.1) is 0 Å². The Kier molecular flexibility index (Phi) is 4.83. The van der Waals surface area contributed by atoms with Crippen molar-refractivity contribution < 1.29 is 9.53 Å². The van der Waals surface area contributed by atoms with Crippen molar-refractivity contribution in [3.63, 3.8) is 0 Å². The lowest BCUT2D eigenvalue weighted by atomic mass is 10.2. The van der Waals surface area contributed by atoms with Crippen LogP contribution in [-0.4, -0.2) is 17.4 Å². The van der Waals surface area contributed by atoms with Gasteiger partial charge in [0.05, 0.1) is 6.61 Å². The molecule has 0 bridgehead atoms. The molecular formula is C6H10Cl2O2. The maximum atomic E-state index is 10.6. The summed E-state index contributed by atoms with van der Waals surface area (Å²) in [5, 5.41) is 0. The summed E-state index contributed by atoms with van der Waals surface area (Å²) >= 11 is 10.4. The zero-order valence-electron chi connectivity index (χ0n) is 5.93. The van der Waals surface area contributed by atoms with Gasteiger partial charge in [-0.2, -0.15) is 0 Å². The number of esters is 1. The number of ether oxygens (including phenoxy) is 1. The molecule has 0 fully saturated rings. The molecule has 0 aromatic rings. The first-order valence-corrected chi connectivity index (χ1v) is 3.86. The molecule has 0 amide bonds. The van der Waals surface area contributed by atoms with Gasteiger partial charge in [0, 0.05) is 0 Å². The maximum absolute atomic E-state index is 10.6. The minimum absolute atomic E-state index is 0.316. The van der Waals surface area contributed by atoms with E-state index in [1.165, 1.54) is 0 Å². The Morgan fingerprint density at radius 2 is 2.00 bits per heavy atom. The first-order valence-electron chi connectivity index (χ1n) is 2.98. The van der Waals surface area contributed by atoms with E-state index in [-0.39, 0.29) is 0 Å². The Hall–Kier alpha value is 0.0500.